The lowest BCUT2D eigenvalue weighted by Gasteiger charge is -2.16. The standard InChI is InChI=1S/C16H19NO4/c1-18-12-7-5-11(6-8-12)17-13-9-10-14(19-2)16(21-4)15(13)20-3/h5-10,17H,1-4H3. The molecule has 0 saturated carbocycles. The molecule has 0 amide bonds. The summed E-state index contributed by atoms with van der Waals surface area (Å²) in [5.74, 6) is 2.57. The summed E-state index contributed by atoms with van der Waals surface area (Å²) < 4.78 is 21.2. The third-order valence-corrected chi connectivity index (χ3v) is 3.07. The normalized spacial score (nSPS) is 9.90. The number of anilines is 2. The summed E-state index contributed by atoms with van der Waals surface area (Å²) in [6.07, 6.45) is 0. The molecule has 2 rings (SSSR count). The maximum Gasteiger partial charge on any atom is 0.205 e. The third kappa shape index (κ3) is 3.13. The fourth-order valence-corrected chi connectivity index (χ4v) is 2.03. The molecule has 0 aromatic heterocycles. The lowest BCUT2D eigenvalue weighted by molar-refractivity contribution is 0.325. The zero-order chi connectivity index (χ0) is 15.2. The largest absolute Gasteiger partial charge is 0.497 e. The Morgan fingerprint density at radius 3 is 1.86 bits per heavy atom. The molecule has 0 fully saturated rings. The number of ether oxygens (including phenoxy) is 4. The molecule has 21 heavy (non-hydrogen) atoms. The van der Waals surface area contributed by atoms with E-state index in [9.17, 15) is 0 Å². The fourth-order valence-electron chi connectivity index (χ4n) is 2.03. The summed E-state index contributed by atoms with van der Waals surface area (Å²) >= 11 is 0. The van der Waals surface area contributed by atoms with Crippen LogP contribution in [0.4, 0.5) is 11.4 Å². The highest BCUT2D eigenvalue weighted by Crippen LogP contribution is 2.43. The zero-order valence-electron chi connectivity index (χ0n) is 12.6. The molecule has 0 aliphatic carbocycles. The molecule has 2 aromatic rings. The van der Waals surface area contributed by atoms with Gasteiger partial charge in [0, 0.05) is 5.69 Å². The van der Waals surface area contributed by atoms with Gasteiger partial charge in [-0.1, -0.05) is 0 Å². The number of hydrogen-bond acceptors (Lipinski definition) is 5. The van der Waals surface area contributed by atoms with E-state index in [0.29, 0.717) is 17.2 Å². The molecule has 0 radical (unpaired) electrons. The summed E-state index contributed by atoms with van der Waals surface area (Å²) in [7, 11) is 6.40. The van der Waals surface area contributed by atoms with E-state index < -0.39 is 0 Å². The number of rotatable bonds is 6. The van der Waals surface area contributed by atoms with Crippen LogP contribution in [0.2, 0.25) is 0 Å². The molecule has 2 aromatic carbocycles. The highest BCUT2D eigenvalue weighted by Gasteiger charge is 2.15. The summed E-state index contributed by atoms with van der Waals surface area (Å²) in [5, 5.41) is 3.28. The van der Waals surface area contributed by atoms with E-state index in [1.165, 1.54) is 0 Å². The van der Waals surface area contributed by atoms with E-state index in [4.69, 9.17) is 18.9 Å². The van der Waals surface area contributed by atoms with E-state index in [1.807, 2.05) is 36.4 Å². The first-order valence-corrected chi connectivity index (χ1v) is 6.43. The average Bonchev–Trinajstić information content (AvgIpc) is 2.54. The number of nitrogens with one attached hydrogen (secondary N) is 1. The van der Waals surface area contributed by atoms with Crippen molar-refractivity contribution in [1.82, 2.24) is 0 Å². The van der Waals surface area contributed by atoms with Crippen molar-refractivity contribution in [2.45, 2.75) is 0 Å². The molecule has 0 saturated heterocycles. The van der Waals surface area contributed by atoms with Crippen molar-refractivity contribution in [3.05, 3.63) is 36.4 Å². The predicted molar refractivity (Wildman–Crippen MR) is 82.4 cm³/mol. The predicted octanol–water partition coefficient (Wildman–Crippen LogP) is 3.46. The van der Waals surface area contributed by atoms with Crippen LogP contribution in [0.25, 0.3) is 0 Å². The van der Waals surface area contributed by atoms with Gasteiger partial charge in [0.25, 0.3) is 0 Å². The van der Waals surface area contributed by atoms with Crippen LogP contribution in [0.3, 0.4) is 0 Å². The Labute approximate surface area is 124 Å². The second kappa shape index (κ2) is 6.74. The molecule has 0 heterocycles. The number of hydrogen-bond donors (Lipinski definition) is 1. The number of benzene rings is 2. The number of methoxy groups -OCH3 is 4. The second-order valence-electron chi connectivity index (χ2n) is 4.24. The van der Waals surface area contributed by atoms with Crippen LogP contribution in [-0.2, 0) is 0 Å². The van der Waals surface area contributed by atoms with E-state index in [2.05, 4.69) is 5.32 Å². The average molecular weight is 289 g/mol. The van der Waals surface area contributed by atoms with Crippen molar-refractivity contribution >= 4 is 11.4 Å². The molecule has 1 N–H and O–H groups in total. The Kier molecular flexibility index (Phi) is 4.77. The Balaban J connectivity index is 2.34. The minimum atomic E-state index is 0.554. The first-order chi connectivity index (χ1) is 10.2. The summed E-state index contributed by atoms with van der Waals surface area (Å²) in [4.78, 5) is 0. The molecule has 112 valence electrons. The van der Waals surface area contributed by atoms with Crippen LogP contribution in [-0.4, -0.2) is 28.4 Å². The molecule has 0 spiro atoms. The van der Waals surface area contributed by atoms with Gasteiger partial charge in [-0.15, -0.1) is 0 Å². The van der Waals surface area contributed by atoms with Crippen molar-refractivity contribution in [3.63, 3.8) is 0 Å². The van der Waals surface area contributed by atoms with Gasteiger partial charge in [-0.05, 0) is 36.4 Å². The van der Waals surface area contributed by atoms with Gasteiger partial charge in [-0.25, -0.2) is 0 Å². The smallest absolute Gasteiger partial charge is 0.205 e. The van der Waals surface area contributed by atoms with Gasteiger partial charge in [-0.3, -0.25) is 0 Å². The monoisotopic (exact) mass is 289 g/mol. The Bertz CT molecular complexity index is 596. The van der Waals surface area contributed by atoms with Crippen molar-refractivity contribution in [2.24, 2.45) is 0 Å². The van der Waals surface area contributed by atoms with Gasteiger partial charge in [0.2, 0.25) is 5.75 Å². The SMILES string of the molecule is COc1ccc(Nc2ccc(OC)c(OC)c2OC)cc1. The Morgan fingerprint density at radius 2 is 1.33 bits per heavy atom. The molecular weight excluding hydrogens is 270 g/mol. The van der Waals surface area contributed by atoms with Gasteiger partial charge >= 0.3 is 0 Å². The van der Waals surface area contributed by atoms with E-state index in [0.717, 1.165) is 17.1 Å². The first kappa shape index (κ1) is 14.8. The quantitative estimate of drug-likeness (QED) is 0.882. The van der Waals surface area contributed by atoms with Gasteiger partial charge in [-0.2, -0.15) is 0 Å². The Hall–Kier alpha value is -2.56. The molecule has 0 unspecified atom stereocenters. The van der Waals surface area contributed by atoms with Crippen molar-refractivity contribution in [1.29, 1.82) is 0 Å². The lowest BCUT2D eigenvalue weighted by Crippen LogP contribution is -1.99. The van der Waals surface area contributed by atoms with Crippen molar-refractivity contribution < 1.29 is 18.9 Å². The minimum Gasteiger partial charge on any atom is -0.497 e. The van der Waals surface area contributed by atoms with Crippen molar-refractivity contribution in [2.75, 3.05) is 33.8 Å². The molecule has 0 atom stereocenters. The van der Waals surface area contributed by atoms with E-state index in [1.54, 1.807) is 28.4 Å². The summed E-state index contributed by atoms with van der Waals surface area (Å²) in [6, 6.07) is 11.3. The highest BCUT2D eigenvalue weighted by molar-refractivity contribution is 5.73. The lowest BCUT2D eigenvalue weighted by atomic mass is 10.2. The van der Waals surface area contributed by atoms with Crippen LogP contribution < -0.4 is 24.3 Å². The summed E-state index contributed by atoms with van der Waals surface area (Å²) in [5.41, 5.74) is 1.71. The molecular formula is C16H19NO4. The molecule has 0 bridgehead atoms. The molecule has 5 heteroatoms. The maximum atomic E-state index is 5.43. The van der Waals surface area contributed by atoms with Gasteiger partial charge in [0.15, 0.2) is 11.5 Å². The van der Waals surface area contributed by atoms with Gasteiger partial charge < -0.3 is 24.3 Å². The van der Waals surface area contributed by atoms with Crippen LogP contribution in [0.5, 0.6) is 23.0 Å². The van der Waals surface area contributed by atoms with E-state index >= 15 is 0 Å². The van der Waals surface area contributed by atoms with Crippen molar-refractivity contribution in [3.8, 4) is 23.0 Å². The topological polar surface area (TPSA) is 49.0 Å². The molecule has 0 aliphatic heterocycles. The van der Waals surface area contributed by atoms with Gasteiger partial charge in [0.05, 0.1) is 34.1 Å². The zero-order valence-corrected chi connectivity index (χ0v) is 12.6. The maximum absolute atomic E-state index is 5.43. The fraction of sp³-hybridized carbons (Fsp3) is 0.250. The van der Waals surface area contributed by atoms with Crippen LogP contribution in [0.15, 0.2) is 36.4 Å². The van der Waals surface area contributed by atoms with Crippen LogP contribution >= 0.6 is 0 Å². The Morgan fingerprint density at radius 1 is 0.667 bits per heavy atom. The first-order valence-electron chi connectivity index (χ1n) is 6.43. The molecule has 5 nitrogen and oxygen atoms in total. The summed E-state index contributed by atoms with van der Waals surface area (Å²) in [6.45, 7) is 0. The minimum absolute atomic E-state index is 0.554. The third-order valence-electron chi connectivity index (χ3n) is 3.07. The van der Waals surface area contributed by atoms with Gasteiger partial charge in [0.1, 0.15) is 5.75 Å². The van der Waals surface area contributed by atoms with Crippen LogP contribution in [0.1, 0.15) is 0 Å². The molecule has 0 aliphatic rings. The second-order valence-corrected chi connectivity index (χ2v) is 4.24. The highest BCUT2D eigenvalue weighted by atomic mass is 16.5. The van der Waals surface area contributed by atoms with E-state index in [-0.39, 0.29) is 0 Å². The van der Waals surface area contributed by atoms with Crippen LogP contribution in [0, 0.1) is 0 Å².